The van der Waals surface area contributed by atoms with E-state index in [2.05, 4.69) is 20.3 Å². The van der Waals surface area contributed by atoms with Crippen LogP contribution < -0.4 is 10.1 Å². The first-order valence-electron chi connectivity index (χ1n) is 12.5. The molecule has 0 spiro atoms. The molecule has 1 aromatic carbocycles. The van der Waals surface area contributed by atoms with Gasteiger partial charge in [0.1, 0.15) is 11.5 Å². The zero-order chi connectivity index (χ0) is 29.5. The van der Waals surface area contributed by atoms with Crippen molar-refractivity contribution in [3.63, 3.8) is 0 Å². The van der Waals surface area contributed by atoms with Gasteiger partial charge in [-0.1, -0.05) is 0 Å². The number of amides is 1. The van der Waals surface area contributed by atoms with Crippen molar-refractivity contribution in [2.45, 2.75) is 43.1 Å². The number of pyridine rings is 3. The van der Waals surface area contributed by atoms with Crippen LogP contribution in [0.25, 0.3) is 22.2 Å². The molecule has 1 amide bonds. The second kappa shape index (κ2) is 10.7. The van der Waals surface area contributed by atoms with Crippen LogP contribution in [-0.4, -0.2) is 48.2 Å². The molecule has 1 N–H and O–H groups in total. The van der Waals surface area contributed by atoms with Gasteiger partial charge in [-0.15, -0.1) is 0 Å². The van der Waals surface area contributed by atoms with Crippen LogP contribution in [0.3, 0.4) is 0 Å². The van der Waals surface area contributed by atoms with Crippen molar-refractivity contribution < 1.29 is 35.9 Å². The summed E-state index contributed by atoms with van der Waals surface area (Å²) < 4.78 is 78.5. The van der Waals surface area contributed by atoms with E-state index in [1.165, 1.54) is 26.2 Å². The number of alkyl halides is 2. The minimum Gasteiger partial charge on any atom is -0.480 e. The fraction of sp³-hybridized carbons (Fsp3) is 0.286. The Hall–Kier alpha value is -4.10. The molecule has 1 aliphatic heterocycles. The van der Waals surface area contributed by atoms with Gasteiger partial charge in [0.25, 0.3) is 11.8 Å². The zero-order valence-corrected chi connectivity index (χ0v) is 23.1. The van der Waals surface area contributed by atoms with Crippen LogP contribution in [0.1, 0.15) is 41.2 Å². The van der Waals surface area contributed by atoms with E-state index in [0.717, 1.165) is 19.1 Å². The number of carbonyl (C=O) groups is 1. The van der Waals surface area contributed by atoms with E-state index in [9.17, 15) is 26.4 Å². The van der Waals surface area contributed by atoms with Gasteiger partial charge in [0, 0.05) is 29.6 Å². The number of hydrogen-bond acceptors (Lipinski definition) is 8. The third-order valence-electron chi connectivity index (χ3n) is 6.69. The fourth-order valence-corrected chi connectivity index (χ4v) is 5.88. The van der Waals surface area contributed by atoms with E-state index < -0.39 is 38.4 Å². The van der Waals surface area contributed by atoms with E-state index in [-0.39, 0.29) is 41.7 Å². The Labute approximate surface area is 233 Å². The Bertz CT molecular complexity index is 1780. The molecule has 4 aromatic rings. The minimum absolute atomic E-state index is 0.00614. The lowest BCUT2D eigenvalue weighted by atomic mass is 10.1. The van der Waals surface area contributed by atoms with Crippen molar-refractivity contribution in [1.82, 2.24) is 20.3 Å². The Morgan fingerprint density at radius 2 is 1.95 bits per heavy atom. The van der Waals surface area contributed by atoms with E-state index in [1.807, 2.05) is 0 Å². The number of nitrogens with one attached hydrogen (secondary N) is 1. The molecule has 0 fully saturated rings. The van der Waals surface area contributed by atoms with Crippen molar-refractivity contribution in [2.24, 2.45) is 0 Å². The quantitative estimate of drug-likeness (QED) is 0.349. The number of nitrogens with zero attached hydrogens (tertiary/aromatic N) is 3. The molecule has 214 valence electrons. The third kappa shape index (κ3) is 5.59. The molecule has 5 rings (SSSR count). The number of benzene rings is 1. The number of aromatic nitrogens is 3. The number of methoxy groups -OCH3 is 1. The summed E-state index contributed by atoms with van der Waals surface area (Å²) in [6, 6.07) is 9.88. The van der Waals surface area contributed by atoms with Crippen LogP contribution >= 0.6 is 0 Å². The van der Waals surface area contributed by atoms with Crippen molar-refractivity contribution in [2.75, 3.05) is 13.7 Å². The summed E-state index contributed by atoms with van der Waals surface area (Å²) in [6.07, 6.45) is 1.56. The van der Waals surface area contributed by atoms with Crippen molar-refractivity contribution in [1.29, 1.82) is 0 Å². The molecule has 0 saturated carbocycles. The number of hydrogen-bond donors (Lipinski definition) is 1. The van der Waals surface area contributed by atoms with Crippen LogP contribution in [0.2, 0.25) is 0 Å². The highest BCUT2D eigenvalue weighted by molar-refractivity contribution is 7.92. The van der Waals surface area contributed by atoms with Gasteiger partial charge >= 0.3 is 0 Å². The Balaban J connectivity index is 1.39. The minimum atomic E-state index is -3.89. The third-order valence-corrected chi connectivity index (χ3v) is 8.86. The highest BCUT2D eigenvalue weighted by atomic mass is 32.2. The van der Waals surface area contributed by atoms with Gasteiger partial charge in [0.15, 0.2) is 9.84 Å². The van der Waals surface area contributed by atoms with Gasteiger partial charge in [-0.25, -0.2) is 22.8 Å². The van der Waals surface area contributed by atoms with Crippen LogP contribution in [-0.2, 0) is 33.6 Å². The maximum absolute atomic E-state index is 14.8. The molecule has 3 aromatic heterocycles. The molecular formula is C28H25F3N4O5S. The Kier molecular flexibility index (Phi) is 7.43. The predicted octanol–water partition coefficient (Wildman–Crippen LogP) is 4.57. The van der Waals surface area contributed by atoms with Gasteiger partial charge in [0.05, 0.1) is 59.5 Å². The molecule has 13 heteroatoms. The largest absolute Gasteiger partial charge is 0.480 e. The number of ether oxygens (including phenoxy) is 2. The van der Waals surface area contributed by atoms with Crippen LogP contribution in [0.15, 0.2) is 53.6 Å². The molecule has 0 unspecified atom stereocenters. The molecular weight excluding hydrogens is 561 g/mol. The molecule has 0 aliphatic carbocycles. The molecule has 9 nitrogen and oxygen atoms in total. The zero-order valence-electron chi connectivity index (χ0n) is 22.2. The first-order valence-corrected chi connectivity index (χ1v) is 14.0. The SMILES string of the molecule is COc1nc(C(C)(F)F)ccc1-c1ccc2cnc(CNC(=O)c3cc(F)c4c(c3)S(=O)(=O)[C@@H](C)COC4)cc2n1. The van der Waals surface area contributed by atoms with E-state index >= 15 is 0 Å². The molecule has 0 bridgehead atoms. The number of sulfone groups is 1. The molecule has 0 radical (unpaired) electrons. The fourth-order valence-electron chi connectivity index (χ4n) is 4.38. The summed E-state index contributed by atoms with van der Waals surface area (Å²) in [7, 11) is -2.56. The smallest absolute Gasteiger partial charge is 0.287 e. The normalized spacial score (nSPS) is 16.6. The van der Waals surface area contributed by atoms with E-state index in [1.54, 1.807) is 24.4 Å². The van der Waals surface area contributed by atoms with Crippen molar-refractivity contribution in [3.05, 3.63) is 77.0 Å². The molecule has 1 aliphatic rings. The summed E-state index contributed by atoms with van der Waals surface area (Å²) >= 11 is 0. The predicted molar refractivity (Wildman–Crippen MR) is 143 cm³/mol. The van der Waals surface area contributed by atoms with Gasteiger partial charge < -0.3 is 14.8 Å². The summed E-state index contributed by atoms with van der Waals surface area (Å²) in [5.41, 5.74) is 1.07. The highest BCUT2D eigenvalue weighted by Crippen LogP contribution is 2.33. The lowest BCUT2D eigenvalue weighted by Crippen LogP contribution is -2.25. The Morgan fingerprint density at radius 1 is 1.17 bits per heavy atom. The molecule has 0 saturated heterocycles. The van der Waals surface area contributed by atoms with Crippen LogP contribution in [0, 0.1) is 5.82 Å². The van der Waals surface area contributed by atoms with Gasteiger partial charge in [-0.05, 0) is 49.4 Å². The second-order valence-electron chi connectivity index (χ2n) is 9.69. The molecule has 4 heterocycles. The summed E-state index contributed by atoms with van der Waals surface area (Å²) in [6.45, 7) is 1.86. The summed E-state index contributed by atoms with van der Waals surface area (Å²) in [5, 5.41) is 2.43. The summed E-state index contributed by atoms with van der Waals surface area (Å²) in [5.74, 6) is -4.68. The standard InChI is InChI=1S/C28H25F3N4O5S/c1-15-13-40-14-20-21(29)8-17(9-24(20)41(15,37)38)26(36)33-12-18-10-23-16(11-32-18)4-6-22(34-23)19-5-7-25(28(2,30)31)35-27(19)39-3/h4-11,15H,12-14H2,1-3H3,(H,33,36)/t15-/m0/s1. The Morgan fingerprint density at radius 3 is 2.68 bits per heavy atom. The molecule has 41 heavy (non-hydrogen) atoms. The lowest BCUT2D eigenvalue weighted by molar-refractivity contribution is 0.0123. The maximum Gasteiger partial charge on any atom is 0.287 e. The van der Waals surface area contributed by atoms with Crippen LogP contribution in [0.5, 0.6) is 5.88 Å². The first-order chi connectivity index (χ1) is 19.4. The highest BCUT2D eigenvalue weighted by Gasteiger charge is 2.32. The number of carbonyl (C=O) groups excluding carboxylic acids is 1. The number of halogens is 3. The monoisotopic (exact) mass is 586 g/mol. The average molecular weight is 587 g/mol. The van der Waals surface area contributed by atoms with E-state index in [0.29, 0.717) is 27.9 Å². The first kappa shape index (κ1) is 28.4. The van der Waals surface area contributed by atoms with Crippen LogP contribution in [0.4, 0.5) is 13.2 Å². The van der Waals surface area contributed by atoms with Gasteiger partial charge in [0.2, 0.25) is 5.88 Å². The lowest BCUT2D eigenvalue weighted by Gasteiger charge is -2.14. The number of fused-ring (bicyclic) bond motifs is 2. The maximum atomic E-state index is 14.8. The average Bonchev–Trinajstić information content (AvgIpc) is 3.05. The van der Waals surface area contributed by atoms with E-state index in [4.69, 9.17) is 9.47 Å². The second-order valence-corrected chi connectivity index (χ2v) is 12.0. The van der Waals surface area contributed by atoms with Gasteiger partial charge in [-0.2, -0.15) is 8.78 Å². The summed E-state index contributed by atoms with van der Waals surface area (Å²) in [4.78, 5) is 25.5. The number of rotatable bonds is 6. The van der Waals surface area contributed by atoms with Crippen molar-refractivity contribution in [3.8, 4) is 17.1 Å². The van der Waals surface area contributed by atoms with Gasteiger partial charge in [-0.3, -0.25) is 9.78 Å². The molecule has 1 atom stereocenters. The topological polar surface area (TPSA) is 120 Å². The van der Waals surface area contributed by atoms with Crippen molar-refractivity contribution >= 4 is 26.6 Å².